The number of amides is 2. The topological polar surface area (TPSA) is 70.7 Å². The van der Waals surface area contributed by atoms with Crippen molar-refractivity contribution in [2.75, 3.05) is 34.3 Å². The van der Waals surface area contributed by atoms with E-state index in [1.165, 1.54) is 7.11 Å². The minimum Gasteiger partial charge on any atom is -0.496 e. The number of benzene rings is 1. The van der Waals surface area contributed by atoms with Gasteiger partial charge in [-0.05, 0) is 25.2 Å². The first kappa shape index (κ1) is 16.6. The third-order valence-electron chi connectivity index (χ3n) is 3.81. The van der Waals surface area contributed by atoms with Gasteiger partial charge in [0, 0.05) is 25.2 Å². The monoisotopic (exact) mass is 325 g/mol. The van der Waals surface area contributed by atoms with Gasteiger partial charge in [0.2, 0.25) is 5.91 Å². The summed E-state index contributed by atoms with van der Waals surface area (Å²) in [5, 5.41) is 6.06. The number of ether oxygens (including phenoxy) is 1. The SMILES string of the molecule is CNC(=O)[C@H]1CN(C)C[C@@H]1NC(=O)c1ccc(Cl)cc1OC. The molecule has 0 spiro atoms. The van der Waals surface area contributed by atoms with E-state index in [-0.39, 0.29) is 23.8 Å². The Morgan fingerprint density at radius 3 is 2.73 bits per heavy atom. The largest absolute Gasteiger partial charge is 0.496 e. The summed E-state index contributed by atoms with van der Waals surface area (Å²) in [4.78, 5) is 26.4. The van der Waals surface area contributed by atoms with Crippen LogP contribution in [0.15, 0.2) is 18.2 Å². The van der Waals surface area contributed by atoms with Crippen molar-refractivity contribution < 1.29 is 14.3 Å². The van der Waals surface area contributed by atoms with Crippen molar-refractivity contribution in [1.29, 1.82) is 0 Å². The number of carbonyl (C=O) groups excluding carboxylic acids is 2. The van der Waals surface area contributed by atoms with Gasteiger partial charge in [-0.1, -0.05) is 11.6 Å². The van der Waals surface area contributed by atoms with Crippen LogP contribution in [-0.2, 0) is 4.79 Å². The van der Waals surface area contributed by atoms with E-state index in [9.17, 15) is 9.59 Å². The predicted molar refractivity (Wildman–Crippen MR) is 84.3 cm³/mol. The van der Waals surface area contributed by atoms with Crippen molar-refractivity contribution in [2.45, 2.75) is 6.04 Å². The molecule has 0 aromatic heterocycles. The van der Waals surface area contributed by atoms with Crippen LogP contribution in [0.4, 0.5) is 0 Å². The minimum atomic E-state index is -0.275. The van der Waals surface area contributed by atoms with Crippen molar-refractivity contribution in [3.63, 3.8) is 0 Å². The molecule has 2 atom stereocenters. The molecule has 0 unspecified atom stereocenters. The van der Waals surface area contributed by atoms with Crippen LogP contribution < -0.4 is 15.4 Å². The number of nitrogens with one attached hydrogen (secondary N) is 2. The molecule has 7 heteroatoms. The maximum Gasteiger partial charge on any atom is 0.255 e. The molecule has 6 nitrogen and oxygen atoms in total. The van der Waals surface area contributed by atoms with E-state index in [2.05, 4.69) is 10.6 Å². The molecule has 0 radical (unpaired) electrons. The molecular weight excluding hydrogens is 306 g/mol. The molecule has 2 rings (SSSR count). The number of methoxy groups -OCH3 is 1. The highest BCUT2D eigenvalue weighted by molar-refractivity contribution is 6.30. The summed E-state index contributed by atoms with van der Waals surface area (Å²) in [5.74, 6) is -0.203. The second-order valence-electron chi connectivity index (χ2n) is 5.37. The number of hydrogen-bond donors (Lipinski definition) is 2. The van der Waals surface area contributed by atoms with Crippen molar-refractivity contribution in [3.8, 4) is 5.75 Å². The lowest BCUT2D eigenvalue weighted by Crippen LogP contribution is -2.45. The lowest BCUT2D eigenvalue weighted by molar-refractivity contribution is -0.124. The van der Waals surface area contributed by atoms with Crippen LogP contribution in [0.2, 0.25) is 5.02 Å². The van der Waals surface area contributed by atoms with Gasteiger partial charge in [0.05, 0.1) is 24.6 Å². The van der Waals surface area contributed by atoms with E-state index in [1.807, 2.05) is 11.9 Å². The molecule has 2 N–H and O–H groups in total. The number of nitrogens with zero attached hydrogens (tertiary/aromatic N) is 1. The molecule has 1 fully saturated rings. The van der Waals surface area contributed by atoms with E-state index >= 15 is 0 Å². The van der Waals surface area contributed by atoms with Crippen LogP contribution in [0.3, 0.4) is 0 Å². The molecule has 1 saturated heterocycles. The molecule has 0 saturated carbocycles. The highest BCUT2D eigenvalue weighted by Gasteiger charge is 2.36. The summed E-state index contributed by atoms with van der Waals surface area (Å²) in [6.45, 7) is 1.24. The van der Waals surface area contributed by atoms with E-state index in [0.29, 0.717) is 29.4 Å². The fourth-order valence-corrected chi connectivity index (χ4v) is 2.86. The highest BCUT2D eigenvalue weighted by atomic mass is 35.5. The zero-order chi connectivity index (χ0) is 16.3. The van der Waals surface area contributed by atoms with Gasteiger partial charge in [0.1, 0.15) is 5.75 Å². The summed E-state index contributed by atoms with van der Waals surface area (Å²) in [6, 6.07) is 4.60. The van der Waals surface area contributed by atoms with Crippen LogP contribution in [0, 0.1) is 5.92 Å². The predicted octanol–water partition coefficient (Wildman–Crippen LogP) is 0.755. The van der Waals surface area contributed by atoms with Gasteiger partial charge in [-0.25, -0.2) is 0 Å². The van der Waals surface area contributed by atoms with Crippen molar-refractivity contribution in [3.05, 3.63) is 28.8 Å². The number of halogens is 1. The maximum absolute atomic E-state index is 12.5. The average Bonchev–Trinajstić information content (AvgIpc) is 2.86. The highest BCUT2D eigenvalue weighted by Crippen LogP contribution is 2.24. The van der Waals surface area contributed by atoms with Gasteiger partial charge in [-0.3, -0.25) is 9.59 Å². The van der Waals surface area contributed by atoms with E-state index in [4.69, 9.17) is 16.3 Å². The molecule has 120 valence electrons. The summed E-state index contributed by atoms with van der Waals surface area (Å²) in [6.07, 6.45) is 0. The normalized spacial score (nSPS) is 21.5. The summed E-state index contributed by atoms with van der Waals surface area (Å²) >= 11 is 5.90. The van der Waals surface area contributed by atoms with Gasteiger partial charge in [0.15, 0.2) is 0 Å². The van der Waals surface area contributed by atoms with Gasteiger partial charge in [0.25, 0.3) is 5.91 Å². The lowest BCUT2D eigenvalue weighted by Gasteiger charge is -2.19. The Bertz CT molecular complexity index is 579. The van der Waals surface area contributed by atoms with E-state index in [0.717, 1.165) is 0 Å². The Morgan fingerprint density at radius 1 is 1.36 bits per heavy atom. The third-order valence-corrected chi connectivity index (χ3v) is 4.05. The van der Waals surface area contributed by atoms with Crippen molar-refractivity contribution in [1.82, 2.24) is 15.5 Å². The van der Waals surface area contributed by atoms with Crippen LogP contribution in [0.5, 0.6) is 5.75 Å². The second-order valence-corrected chi connectivity index (χ2v) is 5.80. The van der Waals surface area contributed by atoms with Crippen LogP contribution >= 0.6 is 11.6 Å². The smallest absolute Gasteiger partial charge is 0.255 e. The maximum atomic E-state index is 12.5. The zero-order valence-electron chi connectivity index (χ0n) is 12.9. The molecule has 1 aliphatic heterocycles. The lowest BCUT2D eigenvalue weighted by atomic mass is 10.0. The average molecular weight is 326 g/mol. The molecule has 0 bridgehead atoms. The Morgan fingerprint density at radius 2 is 2.09 bits per heavy atom. The van der Waals surface area contributed by atoms with Crippen LogP contribution in [0.1, 0.15) is 10.4 Å². The standard InChI is InChI=1S/C15H20ClN3O3/c1-17-14(20)11-7-19(2)8-12(11)18-15(21)10-5-4-9(16)6-13(10)22-3/h4-6,11-12H,7-8H2,1-3H3,(H,17,20)(H,18,21)/t11-,12-/m0/s1. The summed E-state index contributed by atoms with van der Waals surface area (Å²) < 4.78 is 5.19. The zero-order valence-corrected chi connectivity index (χ0v) is 13.6. The number of likely N-dealkylation sites (N-methyl/N-ethyl adjacent to an activating group) is 1. The molecule has 1 heterocycles. The van der Waals surface area contributed by atoms with Gasteiger partial charge < -0.3 is 20.3 Å². The Hall–Kier alpha value is -1.79. The van der Waals surface area contributed by atoms with Crippen LogP contribution in [-0.4, -0.2) is 57.1 Å². The quantitative estimate of drug-likeness (QED) is 0.857. The Balaban J connectivity index is 2.16. The van der Waals surface area contributed by atoms with Crippen LogP contribution in [0.25, 0.3) is 0 Å². The molecule has 2 amide bonds. The summed E-state index contributed by atoms with van der Waals surface area (Å²) in [7, 11) is 5.01. The number of rotatable bonds is 4. The van der Waals surface area contributed by atoms with E-state index < -0.39 is 0 Å². The molecule has 1 aromatic carbocycles. The molecule has 1 aromatic rings. The molecule has 1 aliphatic rings. The first-order chi connectivity index (χ1) is 10.5. The van der Waals surface area contributed by atoms with E-state index in [1.54, 1.807) is 25.2 Å². The summed E-state index contributed by atoms with van der Waals surface area (Å²) in [5.41, 5.74) is 0.400. The number of carbonyl (C=O) groups is 2. The van der Waals surface area contributed by atoms with Gasteiger partial charge in [-0.15, -0.1) is 0 Å². The number of likely N-dealkylation sites (tertiary alicyclic amines) is 1. The van der Waals surface area contributed by atoms with Gasteiger partial charge in [-0.2, -0.15) is 0 Å². The second kappa shape index (κ2) is 6.98. The third kappa shape index (κ3) is 3.51. The fraction of sp³-hybridized carbons (Fsp3) is 0.467. The Labute approximate surface area is 134 Å². The first-order valence-electron chi connectivity index (χ1n) is 7.00. The minimum absolute atomic E-state index is 0.0716. The fourth-order valence-electron chi connectivity index (χ4n) is 2.70. The van der Waals surface area contributed by atoms with Gasteiger partial charge >= 0.3 is 0 Å². The van der Waals surface area contributed by atoms with Crippen molar-refractivity contribution in [2.24, 2.45) is 5.92 Å². The first-order valence-corrected chi connectivity index (χ1v) is 7.38. The molecule has 0 aliphatic carbocycles. The Kier molecular flexibility index (Phi) is 5.26. The molecular formula is C15H20ClN3O3. The van der Waals surface area contributed by atoms with Crippen molar-refractivity contribution >= 4 is 23.4 Å². The number of hydrogen-bond acceptors (Lipinski definition) is 4. The molecule has 22 heavy (non-hydrogen) atoms.